The molecule has 0 amide bonds. The van der Waals surface area contributed by atoms with Crippen LogP contribution in [0.4, 0.5) is 5.69 Å². The standard InChI is InChI=1S/C14H20N4O2S/c1-4-15-9-12-5-7-13(8-6-12)17-21(19,20)14-10-18(3)11(2)16-14/h5-8,10,15,17H,4,9H2,1-3H3. The Morgan fingerprint density at radius 3 is 2.43 bits per heavy atom. The van der Waals surface area contributed by atoms with Crippen LogP contribution in [0.2, 0.25) is 0 Å². The van der Waals surface area contributed by atoms with Gasteiger partial charge in [-0.15, -0.1) is 0 Å². The molecule has 0 saturated carbocycles. The minimum absolute atomic E-state index is 0.0271. The Labute approximate surface area is 125 Å². The first-order chi connectivity index (χ1) is 9.92. The zero-order chi connectivity index (χ0) is 15.5. The zero-order valence-corrected chi connectivity index (χ0v) is 13.2. The molecule has 0 aliphatic carbocycles. The van der Waals surface area contributed by atoms with E-state index in [1.54, 1.807) is 30.7 Å². The predicted octanol–water partition coefficient (Wildman–Crippen LogP) is 1.64. The number of hydrogen-bond acceptors (Lipinski definition) is 4. The van der Waals surface area contributed by atoms with Crippen molar-refractivity contribution >= 4 is 15.7 Å². The molecule has 1 aromatic carbocycles. The molecule has 114 valence electrons. The van der Waals surface area contributed by atoms with E-state index in [1.165, 1.54) is 6.20 Å². The summed E-state index contributed by atoms with van der Waals surface area (Å²) in [5.41, 5.74) is 1.63. The maximum atomic E-state index is 12.2. The second-order valence-corrected chi connectivity index (χ2v) is 6.45. The smallest absolute Gasteiger partial charge is 0.280 e. The SMILES string of the molecule is CCNCc1ccc(NS(=O)(=O)c2cn(C)c(C)n2)cc1. The van der Waals surface area contributed by atoms with Crippen molar-refractivity contribution in [3.05, 3.63) is 41.9 Å². The predicted molar refractivity (Wildman–Crippen MR) is 82.6 cm³/mol. The Bertz CT molecular complexity index is 686. The number of aromatic nitrogens is 2. The molecular formula is C14H20N4O2S. The molecule has 0 aliphatic heterocycles. The van der Waals surface area contributed by atoms with E-state index in [-0.39, 0.29) is 5.03 Å². The van der Waals surface area contributed by atoms with E-state index in [1.807, 2.05) is 19.1 Å². The summed E-state index contributed by atoms with van der Waals surface area (Å²) >= 11 is 0. The van der Waals surface area contributed by atoms with Gasteiger partial charge in [0, 0.05) is 25.5 Å². The Balaban J connectivity index is 2.13. The molecule has 2 aromatic rings. The number of hydrogen-bond donors (Lipinski definition) is 2. The van der Waals surface area contributed by atoms with Gasteiger partial charge >= 0.3 is 0 Å². The first-order valence-electron chi connectivity index (χ1n) is 6.75. The molecule has 1 heterocycles. The lowest BCUT2D eigenvalue weighted by Gasteiger charge is -2.07. The number of rotatable bonds is 6. The van der Waals surface area contributed by atoms with Gasteiger partial charge in [0.1, 0.15) is 5.82 Å². The van der Waals surface area contributed by atoms with Crippen molar-refractivity contribution in [3.8, 4) is 0 Å². The van der Waals surface area contributed by atoms with Crippen LogP contribution in [0.25, 0.3) is 0 Å². The molecule has 0 unspecified atom stereocenters. The molecule has 6 nitrogen and oxygen atoms in total. The highest BCUT2D eigenvalue weighted by molar-refractivity contribution is 7.92. The number of sulfonamides is 1. The van der Waals surface area contributed by atoms with Crippen LogP contribution in [-0.2, 0) is 23.6 Å². The fourth-order valence-electron chi connectivity index (χ4n) is 1.82. The van der Waals surface area contributed by atoms with Gasteiger partial charge < -0.3 is 9.88 Å². The van der Waals surface area contributed by atoms with E-state index in [0.717, 1.165) is 18.7 Å². The number of imidazole rings is 1. The first-order valence-corrected chi connectivity index (χ1v) is 8.23. The van der Waals surface area contributed by atoms with Crippen molar-refractivity contribution in [2.24, 2.45) is 7.05 Å². The largest absolute Gasteiger partial charge is 0.337 e. The fraction of sp³-hybridized carbons (Fsp3) is 0.357. The molecule has 0 bridgehead atoms. The molecule has 0 radical (unpaired) electrons. The average Bonchev–Trinajstić information content (AvgIpc) is 2.78. The Kier molecular flexibility index (Phi) is 4.64. The van der Waals surface area contributed by atoms with Gasteiger partial charge in [0.25, 0.3) is 10.0 Å². The summed E-state index contributed by atoms with van der Waals surface area (Å²) in [6.45, 7) is 5.46. The maximum absolute atomic E-state index is 12.2. The molecule has 21 heavy (non-hydrogen) atoms. The van der Waals surface area contributed by atoms with Crippen LogP contribution in [-0.4, -0.2) is 24.5 Å². The van der Waals surface area contributed by atoms with Crippen LogP contribution in [0.3, 0.4) is 0 Å². The number of aryl methyl sites for hydroxylation is 2. The van der Waals surface area contributed by atoms with E-state index in [0.29, 0.717) is 11.5 Å². The molecular weight excluding hydrogens is 288 g/mol. The van der Waals surface area contributed by atoms with Gasteiger partial charge in [-0.2, -0.15) is 8.42 Å². The topological polar surface area (TPSA) is 76.0 Å². The second-order valence-electron chi connectivity index (χ2n) is 4.82. The van der Waals surface area contributed by atoms with Gasteiger partial charge in [0.05, 0.1) is 0 Å². The molecule has 2 rings (SSSR count). The van der Waals surface area contributed by atoms with Crippen molar-refractivity contribution in [2.45, 2.75) is 25.4 Å². The molecule has 0 spiro atoms. The third-order valence-electron chi connectivity index (χ3n) is 3.15. The van der Waals surface area contributed by atoms with Gasteiger partial charge in [-0.1, -0.05) is 19.1 Å². The molecule has 0 fully saturated rings. The highest BCUT2D eigenvalue weighted by atomic mass is 32.2. The lowest BCUT2D eigenvalue weighted by atomic mass is 10.2. The molecule has 1 aromatic heterocycles. The molecule has 0 saturated heterocycles. The van der Waals surface area contributed by atoms with Gasteiger partial charge in [0.15, 0.2) is 5.03 Å². The van der Waals surface area contributed by atoms with Crippen molar-refractivity contribution in [1.82, 2.24) is 14.9 Å². The highest BCUT2D eigenvalue weighted by Crippen LogP contribution is 2.16. The molecule has 2 N–H and O–H groups in total. The highest BCUT2D eigenvalue weighted by Gasteiger charge is 2.18. The summed E-state index contributed by atoms with van der Waals surface area (Å²) in [6, 6.07) is 7.29. The normalized spacial score (nSPS) is 11.6. The van der Waals surface area contributed by atoms with Crippen LogP contribution in [0.5, 0.6) is 0 Å². The minimum atomic E-state index is -3.64. The summed E-state index contributed by atoms with van der Waals surface area (Å²) in [5.74, 6) is 0.649. The van der Waals surface area contributed by atoms with E-state index < -0.39 is 10.0 Å². The average molecular weight is 308 g/mol. The Morgan fingerprint density at radius 1 is 1.24 bits per heavy atom. The van der Waals surface area contributed by atoms with Crippen LogP contribution in [0, 0.1) is 6.92 Å². The quantitative estimate of drug-likeness (QED) is 0.850. The number of benzene rings is 1. The number of nitrogens with zero attached hydrogens (tertiary/aromatic N) is 2. The van der Waals surface area contributed by atoms with Crippen molar-refractivity contribution < 1.29 is 8.42 Å². The summed E-state index contributed by atoms with van der Waals surface area (Å²) in [7, 11) is -1.88. The van der Waals surface area contributed by atoms with Crippen LogP contribution in [0.1, 0.15) is 18.3 Å². The maximum Gasteiger partial charge on any atom is 0.280 e. The Morgan fingerprint density at radius 2 is 1.90 bits per heavy atom. The van der Waals surface area contributed by atoms with E-state index >= 15 is 0 Å². The molecule has 0 aliphatic rings. The van der Waals surface area contributed by atoms with Crippen LogP contribution < -0.4 is 10.0 Å². The minimum Gasteiger partial charge on any atom is -0.337 e. The summed E-state index contributed by atoms with van der Waals surface area (Å²) < 4.78 is 28.7. The second kappa shape index (κ2) is 6.28. The lowest BCUT2D eigenvalue weighted by molar-refractivity contribution is 0.598. The molecule has 7 heteroatoms. The summed E-state index contributed by atoms with van der Waals surface area (Å²) in [6.07, 6.45) is 1.50. The first kappa shape index (κ1) is 15.5. The third-order valence-corrected chi connectivity index (χ3v) is 4.40. The van der Waals surface area contributed by atoms with Crippen molar-refractivity contribution in [1.29, 1.82) is 0 Å². The van der Waals surface area contributed by atoms with E-state index in [9.17, 15) is 8.42 Å². The van der Waals surface area contributed by atoms with Crippen molar-refractivity contribution in [2.75, 3.05) is 11.3 Å². The van der Waals surface area contributed by atoms with Gasteiger partial charge in [0.2, 0.25) is 0 Å². The monoisotopic (exact) mass is 308 g/mol. The third kappa shape index (κ3) is 3.83. The number of anilines is 1. The van der Waals surface area contributed by atoms with Gasteiger partial charge in [-0.3, -0.25) is 4.72 Å². The fourth-order valence-corrected chi connectivity index (χ4v) is 2.92. The lowest BCUT2D eigenvalue weighted by Crippen LogP contribution is -2.14. The van der Waals surface area contributed by atoms with Crippen LogP contribution in [0.15, 0.2) is 35.5 Å². The van der Waals surface area contributed by atoms with Crippen LogP contribution >= 0.6 is 0 Å². The van der Waals surface area contributed by atoms with E-state index in [4.69, 9.17) is 0 Å². The zero-order valence-electron chi connectivity index (χ0n) is 12.4. The Hall–Kier alpha value is -1.86. The summed E-state index contributed by atoms with van der Waals surface area (Å²) in [5, 5.41) is 3.24. The summed E-state index contributed by atoms with van der Waals surface area (Å²) in [4.78, 5) is 4.04. The van der Waals surface area contributed by atoms with Crippen molar-refractivity contribution in [3.63, 3.8) is 0 Å². The number of nitrogens with one attached hydrogen (secondary N) is 2. The molecule has 0 atom stereocenters. The van der Waals surface area contributed by atoms with E-state index in [2.05, 4.69) is 15.0 Å². The van der Waals surface area contributed by atoms with Gasteiger partial charge in [-0.25, -0.2) is 4.98 Å². The van der Waals surface area contributed by atoms with Gasteiger partial charge in [-0.05, 0) is 31.2 Å².